The molecule has 2 heterocycles. The van der Waals surface area contributed by atoms with Crippen molar-refractivity contribution >= 4 is 33.3 Å². The summed E-state index contributed by atoms with van der Waals surface area (Å²) in [6, 6.07) is 1.05. The van der Waals surface area contributed by atoms with Gasteiger partial charge in [0, 0.05) is 17.0 Å². The van der Waals surface area contributed by atoms with Crippen molar-refractivity contribution in [2.45, 2.75) is 63.5 Å². The van der Waals surface area contributed by atoms with Gasteiger partial charge in [-0.3, -0.25) is 4.79 Å². The first-order chi connectivity index (χ1) is 12.4. The van der Waals surface area contributed by atoms with Gasteiger partial charge in [0.1, 0.15) is 16.5 Å². The first-order valence-corrected chi connectivity index (χ1v) is 10.2. The van der Waals surface area contributed by atoms with Crippen molar-refractivity contribution in [1.82, 2.24) is 14.9 Å². The lowest BCUT2D eigenvalue weighted by Gasteiger charge is -2.33. The molecule has 0 spiro atoms. The van der Waals surface area contributed by atoms with Gasteiger partial charge in [-0.2, -0.15) is 0 Å². The second-order valence-corrected chi connectivity index (χ2v) is 8.87. The largest absolute Gasteiger partial charge is 0.481 e. The molecule has 6 nitrogen and oxygen atoms in total. The van der Waals surface area contributed by atoms with Crippen LogP contribution in [0.25, 0.3) is 10.2 Å². The lowest BCUT2D eigenvalue weighted by Crippen LogP contribution is -2.36. The maximum Gasteiger partial charge on any atom is 0.311 e. The summed E-state index contributed by atoms with van der Waals surface area (Å²) < 4.78 is 0. The number of anilines is 1. The summed E-state index contributed by atoms with van der Waals surface area (Å²) in [5.41, 5.74) is 0.960. The van der Waals surface area contributed by atoms with Crippen LogP contribution in [0.5, 0.6) is 0 Å². The fraction of sp³-hybridized carbons (Fsp3) is 0.632. The number of nitrogens with one attached hydrogen (secondary N) is 1. The predicted molar refractivity (Wildman–Crippen MR) is 104 cm³/mol. The highest BCUT2D eigenvalue weighted by atomic mass is 32.1. The van der Waals surface area contributed by atoms with E-state index < -0.39 is 11.9 Å². The van der Waals surface area contributed by atoms with Crippen LogP contribution in [-0.2, 0) is 11.2 Å². The molecule has 0 aliphatic heterocycles. The minimum atomic E-state index is -0.735. The highest BCUT2D eigenvalue weighted by Crippen LogP contribution is 2.45. The summed E-state index contributed by atoms with van der Waals surface area (Å²) in [6.45, 7) is 1.91. The number of thiophene rings is 1. The molecule has 2 aliphatic rings. The molecule has 0 aromatic carbocycles. The highest BCUT2D eigenvalue weighted by molar-refractivity contribution is 7.19. The predicted octanol–water partition coefficient (Wildman–Crippen LogP) is 3.40. The van der Waals surface area contributed by atoms with Gasteiger partial charge >= 0.3 is 5.97 Å². The van der Waals surface area contributed by atoms with Crippen LogP contribution < -0.4 is 5.32 Å². The number of fused-ring (bicyclic) bond motifs is 3. The average Bonchev–Trinajstić information content (AvgIpc) is 3.13. The lowest BCUT2D eigenvalue weighted by molar-refractivity contribution is -0.138. The summed E-state index contributed by atoms with van der Waals surface area (Å²) >= 11 is 1.64. The minimum absolute atomic E-state index is 0.393. The van der Waals surface area contributed by atoms with Crippen molar-refractivity contribution in [1.29, 1.82) is 0 Å². The lowest BCUT2D eigenvalue weighted by atomic mass is 9.90. The van der Waals surface area contributed by atoms with Crippen LogP contribution in [0.15, 0.2) is 0 Å². The first-order valence-electron chi connectivity index (χ1n) is 9.39. The summed E-state index contributed by atoms with van der Waals surface area (Å²) in [6.07, 6.45) is 6.10. The number of rotatable bonds is 4. The van der Waals surface area contributed by atoms with Crippen molar-refractivity contribution in [3.05, 3.63) is 16.3 Å². The smallest absolute Gasteiger partial charge is 0.311 e. The Kier molecular flexibility index (Phi) is 4.61. The zero-order valence-corrected chi connectivity index (χ0v) is 16.4. The maximum atomic E-state index is 11.7. The van der Waals surface area contributed by atoms with E-state index in [0.717, 1.165) is 46.7 Å². The Morgan fingerprint density at radius 3 is 2.58 bits per heavy atom. The Morgan fingerprint density at radius 2 is 1.92 bits per heavy atom. The number of hydrogen-bond donors (Lipinski definition) is 2. The van der Waals surface area contributed by atoms with Crippen LogP contribution in [0.1, 0.15) is 54.3 Å². The summed E-state index contributed by atoms with van der Waals surface area (Å²) in [4.78, 5) is 25.4. The minimum Gasteiger partial charge on any atom is -0.481 e. The third-order valence-corrected chi connectivity index (χ3v) is 7.01. The van der Waals surface area contributed by atoms with Gasteiger partial charge in [0.2, 0.25) is 0 Å². The van der Waals surface area contributed by atoms with Crippen molar-refractivity contribution in [2.75, 3.05) is 19.4 Å². The Morgan fingerprint density at radius 1 is 1.19 bits per heavy atom. The molecule has 26 heavy (non-hydrogen) atoms. The molecule has 2 aromatic heterocycles. The van der Waals surface area contributed by atoms with Gasteiger partial charge in [0.05, 0.1) is 11.3 Å². The molecule has 1 fully saturated rings. The van der Waals surface area contributed by atoms with Crippen LogP contribution in [0.4, 0.5) is 5.82 Å². The molecule has 2 N–H and O–H groups in total. The summed E-state index contributed by atoms with van der Waals surface area (Å²) in [7, 11) is 4.30. The Labute approximate surface area is 157 Å². The number of hydrogen-bond acceptors (Lipinski definition) is 6. The molecule has 1 saturated carbocycles. The zero-order valence-electron chi connectivity index (χ0n) is 15.6. The fourth-order valence-electron chi connectivity index (χ4n) is 4.43. The van der Waals surface area contributed by atoms with E-state index in [1.807, 2.05) is 6.92 Å². The standard InChI is InChI=1S/C19H26N4O2S/c1-10-20-17(22-11-4-6-12(7-5-11)23(2)3)16-15-13(19(24)25)8-9-14(15)26-18(16)21-10/h11-13H,4-9H2,1-3H3,(H,24,25)(H,20,21,22). The number of carboxylic acids is 1. The number of nitrogens with zero attached hydrogens (tertiary/aromatic N) is 3. The summed E-state index contributed by atoms with van der Waals surface area (Å²) in [5, 5.41) is 14.2. The van der Waals surface area contributed by atoms with E-state index in [2.05, 4.69) is 34.3 Å². The van der Waals surface area contributed by atoms with Gasteiger partial charge in [-0.25, -0.2) is 9.97 Å². The molecule has 2 aliphatic carbocycles. The number of carboxylic acid groups (broad SMARTS) is 1. The molecule has 0 amide bonds. The molecule has 7 heteroatoms. The van der Waals surface area contributed by atoms with Crippen molar-refractivity contribution in [3.63, 3.8) is 0 Å². The van der Waals surface area contributed by atoms with Gasteiger partial charge in [-0.1, -0.05) is 0 Å². The zero-order chi connectivity index (χ0) is 18.4. The second-order valence-electron chi connectivity index (χ2n) is 7.78. The molecule has 4 rings (SSSR count). The molecular formula is C19H26N4O2S. The maximum absolute atomic E-state index is 11.7. The van der Waals surface area contributed by atoms with Crippen LogP contribution in [0.2, 0.25) is 0 Å². The summed E-state index contributed by atoms with van der Waals surface area (Å²) in [5.74, 6) is 0.428. The van der Waals surface area contributed by atoms with Gasteiger partial charge < -0.3 is 15.3 Å². The van der Waals surface area contributed by atoms with E-state index in [1.54, 1.807) is 11.3 Å². The van der Waals surface area contributed by atoms with Crippen LogP contribution in [-0.4, -0.2) is 52.1 Å². The highest BCUT2D eigenvalue weighted by Gasteiger charge is 2.34. The topological polar surface area (TPSA) is 78.4 Å². The number of carbonyl (C=O) groups is 1. The molecule has 0 radical (unpaired) electrons. The van der Waals surface area contributed by atoms with Crippen LogP contribution in [0, 0.1) is 6.92 Å². The SMILES string of the molecule is Cc1nc(NC2CCC(N(C)C)CC2)c2c3c(sc2n1)CCC3C(=O)O. The Balaban J connectivity index is 1.66. The third kappa shape index (κ3) is 3.07. The Hall–Kier alpha value is -1.73. The van der Waals surface area contributed by atoms with Crippen LogP contribution >= 0.6 is 11.3 Å². The van der Waals surface area contributed by atoms with Crippen molar-refractivity contribution in [2.24, 2.45) is 0 Å². The van der Waals surface area contributed by atoms with E-state index in [0.29, 0.717) is 18.5 Å². The van der Waals surface area contributed by atoms with E-state index in [4.69, 9.17) is 0 Å². The molecule has 140 valence electrons. The first kappa shape index (κ1) is 17.7. The van der Waals surface area contributed by atoms with E-state index in [1.165, 1.54) is 17.7 Å². The number of aryl methyl sites for hydroxylation is 2. The molecular weight excluding hydrogens is 348 g/mol. The number of aromatic nitrogens is 2. The van der Waals surface area contributed by atoms with Gasteiger partial charge in [-0.05, 0) is 65.1 Å². The molecule has 2 aromatic rings. The Bertz CT molecular complexity index is 840. The number of aliphatic carboxylic acids is 1. The third-order valence-electron chi connectivity index (χ3n) is 5.85. The van der Waals surface area contributed by atoms with Crippen molar-refractivity contribution < 1.29 is 9.90 Å². The van der Waals surface area contributed by atoms with Gasteiger partial charge in [0.15, 0.2) is 0 Å². The average molecular weight is 375 g/mol. The molecule has 1 unspecified atom stereocenters. The normalized spacial score (nSPS) is 25.6. The van der Waals surface area contributed by atoms with Crippen molar-refractivity contribution in [3.8, 4) is 0 Å². The monoisotopic (exact) mass is 374 g/mol. The van der Waals surface area contributed by atoms with Gasteiger partial charge in [0.25, 0.3) is 0 Å². The van der Waals surface area contributed by atoms with E-state index in [-0.39, 0.29) is 0 Å². The van der Waals surface area contributed by atoms with Gasteiger partial charge in [-0.15, -0.1) is 11.3 Å². The molecule has 1 atom stereocenters. The quantitative estimate of drug-likeness (QED) is 0.854. The fourth-order valence-corrected chi connectivity index (χ4v) is 5.72. The van der Waals surface area contributed by atoms with Crippen LogP contribution in [0.3, 0.4) is 0 Å². The molecule has 0 bridgehead atoms. The second kappa shape index (κ2) is 6.78. The molecule has 0 saturated heterocycles. The van der Waals surface area contributed by atoms with E-state index >= 15 is 0 Å². The van der Waals surface area contributed by atoms with E-state index in [9.17, 15) is 9.90 Å².